The van der Waals surface area contributed by atoms with Crippen LogP contribution < -0.4 is 0 Å². The van der Waals surface area contributed by atoms with Crippen molar-refractivity contribution >= 4 is 14.8 Å². The van der Waals surface area contributed by atoms with Gasteiger partial charge in [-0.25, -0.2) is 4.39 Å². The van der Waals surface area contributed by atoms with Gasteiger partial charge in [-0.3, -0.25) is 4.58 Å². The van der Waals surface area contributed by atoms with E-state index in [0.29, 0.717) is 5.92 Å². The zero-order valence-electron chi connectivity index (χ0n) is 15.2. The largest absolute Gasteiger partial charge is 0.255 e. The Labute approximate surface area is 141 Å². The zero-order valence-corrected chi connectivity index (χ0v) is 16.2. The summed E-state index contributed by atoms with van der Waals surface area (Å²) in [5, 5.41) is 1.44. The number of allylic oxidation sites excluding steroid dienone is 2. The molecule has 0 saturated heterocycles. The van der Waals surface area contributed by atoms with Crippen molar-refractivity contribution < 1.29 is 8.97 Å². The fourth-order valence-corrected chi connectivity index (χ4v) is 4.70. The van der Waals surface area contributed by atoms with Crippen LogP contribution in [0.3, 0.4) is 0 Å². The molecule has 124 valence electrons. The van der Waals surface area contributed by atoms with E-state index in [9.17, 15) is 4.39 Å². The third-order valence-corrected chi connectivity index (χ3v) is 6.23. The molecule has 0 aromatic heterocycles. The first-order valence-corrected chi connectivity index (χ1v) is 11.8. The first kappa shape index (κ1) is 17.7. The summed E-state index contributed by atoms with van der Waals surface area (Å²) in [6.07, 6.45) is 5.44. The summed E-state index contributed by atoms with van der Waals surface area (Å²) in [5.41, 5.74) is 3.38. The highest BCUT2D eigenvalue weighted by Crippen LogP contribution is 2.35. The molecular weight excluding hydrogens is 301 g/mol. The van der Waals surface area contributed by atoms with E-state index in [4.69, 9.17) is 0 Å². The van der Waals surface area contributed by atoms with Crippen molar-refractivity contribution in [3.05, 3.63) is 64.2 Å². The fraction of sp³-hybridized carbons (Fsp3) is 0.400. The molecule has 3 heteroatoms. The Morgan fingerprint density at radius 3 is 2.48 bits per heavy atom. The van der Waals surface area contributed by atoms with Crippen molar-refractivity contribution in [3.63, 3.8) is 0 Å². The van der Waals surface area contributed by atoms with E-state index in [1.165, 1.54) is 16.8 Å². The van der Waals surface area contributed by atoms with Crippen molar-refractivity contribution in [3.8, 4) is 0 Å². The molecule has 1 aromatic rings. The topological polar surface area (TPSA) is 3.01 Å². The van der Waals surface area contributed by atoms with E-state index in [0.717, 1.165) is 23.6 Å². The molecule has 0 amide bonds. The van der Waals surface area contributed by atoms with Crippen molar-refractivity contribution in [2.75, 3.05) is 0 Å². The first-order valence-electron chi connectivity index (χ1n) is 8.26. The minimum absolute atomic E-state index is 0.203. The molecule has 2 rings (SSSR count). The van der Waals surface area contributed by atoms with Crippen LogP contribution in [-0.2, 0) is 0 Å². The number of halogens is 1. The number of nitrogens with zero attached hydrogens (tertiary/aromatic N) is 1. The molecule has 0 unspecified atom stereocenters. The number of hydrogen-bond donors (Lipinski definition) is 0. The molecule has 1 aliphatic heterocycles. The number of hydrogen-bond acceptors (Lipinski definition) is 0. The van der Waals surface area contributed by atoms with Gasteiger partial charge in [0.1, 0.15) is 12.2 Å². The van der Waals surface area contributed by atoms with Crippen LogP contribution in [0.2, 0.25) is 19.6 Å². The third-order valence-electron chi connectivity index (χ3n) is 4.16. The summed E-state index contributed by atoms with van der Waals surface area (Å²) in [4.78, 5) is 0. The van der Waals surface area contributed by atoms with Gasteiger partial charge in [0, 0.05) is 0 Å². The van der Waals surface area contributed by atoms with Crippen molar-refractivity contribution in [2.45, 2.75) is 46.8 Å². The first-order chi connectivity index (χ1) is 10.6. The molecular formula is C20H28FNSi. The van der Waals surface area contributed by atoms with Gasteiger partial charge in [-0.05, 0) is 35.2 Å². The van der Waals surface area contributed by atoms with Gasteiger partial charge in [-0.2, -0.15) is 0 Å². The van der Waals surface area contributed by atoms with Gasteiger partial charge in [0.15, 0.2) is 0 Å². The van der Waals surface area contributed by atoms with Gasteiger partial charge in [0.25, 0.3) is 0 Å². The summed E-state index contributed by atoms with van der Waals surface area (Å²) >= 11 is 0. The van der Waals surface area contributed by atoms with Crippen LogP contribution >= 0.6 is 0 Å². The minimum atomic E-state index is -1.46. The smallest absolute Gasteiger partial charge is 0.147 e. The van der Waals surface area contributed by atoms with Crippen LogP contribution in [0.5, 0.6) is 0 Å². The molecule has 0 bridgehead atoms. The number of rotatable bonds is 4. The molecule has 1 heterocycles. The Balaban J connectivity index is 2.51. The maximum absolute atomic E-state index is 13.7. The van der Waals surface area contributed by atoms with Crippen LogP contribution in [0.15, 0.2) is 41.2 Å². The van der Waals surface area contributed by atoms with Crippen LogP contribution in [0.1, 0.15) is 31.4 Å². The van der Waals surface area contributed by atoms with E-state index < -0.39 is 8.07 Å². The molecule has 0 atom stereocenters. The lowest BCUT2D eigenvalue weighted by molar-refractivity contribution is -0.418. The number of benzene rings is 1. The molecule has 0 N–H and O–H groups in total. The molecule has 0 saturated carbocycles. The van der Waals surface area contributed by atoms with Crippen LogP contribution in [0, 0.1) is 24.7 Å². The number of aryl methyl sites for hydroxylation is 1. The highest BCUT2D eigenvalue weighted by Gasteiger charge is 2.29. The average Bonchev–Trinajstić information content (AvgIpc) is 2.41. The maximum atomic E-state index is 13.7. The molecule has 1 aliphatic rings. The van der Waals surface area contributed by atoms with Crippen molar-refractivity contribution in [2.24, 2.45) is 5.92 Å². The molecule has 0 aliphatic carbocycles. The Morgan fingerprint density at radius 1 is 1.26 bits per heavy atom. The maximum Gasteiger partial charge on any atom is 0.147 e. The zero-order chi connectivity index (χ0) is 17.4. The SMILES string of the molecule is C=[N+]1C=C([Si](C)(C)C)C(CC(C)C)=C[C-]1c1cc(F)ccc1C. The Kier molecular flexibility index (Phi) is 5.00. The summed E-state index contributed by atoms with van der Waals surface area (Å²) < 4.78 is 15.6. The molecule has 23 heavy (non-hydrogen) atoms. The fourth-order valence-electron chi connectivity index (χ4n) is 3.02. The molecule has 0 spiro atoms. The molecule has 0 radical (unpaired) electrons. The average molecular weight is 330 g/mol. The van der Waals surface area contributed by atoms with Gasteiger partial charge >= 0.3 is 0 Å². The normalized spacial score (nSPS) is 15.8. The second kappa shape index (κ2) is 6.48. The lowest BCUT2D eigenvalue weighted by atomic mass is 9.93. The summed E-state index contributed by atoms with van der Waals surface area (Å²) in [6.45, 7) is 17.8. The summed E-state index contributed by atoms with van der Waals surface area (Å²) in [5.74, 6) is 0.387. The predicted octanol–water partition coefficient (Wildman–Crippen LogP) is 5.47. The minimum Gasteiger partial charge on any atom is -0.255 e. The third kappa shape index (κ3) is 4.02. The summed E-state index contributed by atoms with van der Waals surface area (Å²) in [7, 11) is -1.46. The van der Waals surface area contributed by atoms with Gasteiger partial charge in [0.05, 0.1) is 20.6 Å². The Hall–Kier alpha value is -1.61. The van der Waals surface area contributed by atoms with Gasteiger partial charge in [-0.1, -0.05) is 63.7 Å². The molecule has 1 nitrogen and oxygen atoms in total. The Bertz CT molecular complexity index is 677. The highest BCUT2D eigenvalue weighted by molar-refractivity contribution is 6.84. The quantitative estimate of drug-likeness (QED) is 0.391. The van der Waals surface area contributed by atoms with E-state index in [-0.39, 0.29) is 5.82 Å². The second-order valence-electron chi connectivity index (χ2n) is 7.87. The van der Waals surface area contributed by atoms with Gasteiger partial charge in [-0.15, -0.1) is 0 Å². The van der Waals surface area contributed by atoms with E-state index >= 15 is 0 Å². The summed E-state index contributed by atoms with van der Waals surface area (Å²) in [6, 6.07) is 5.94. The van der Waals surface area contributed by atoms with Crippen LogP contribution in [0.25, 0.3) is 0 Å². The van der Waals surface area contributed by atoms with E-state index in [1.54, 1.807) is 6.07 Å². The monoisotopic (exact) mass is 329 g/mol. The lowest BCUT2D eigenvalue weighted by Gasteiger charge is -2.32. The Morgan fingerprint density at radius 2 is 1.91 bits per heavy atom. The highest BCUT2D eigenvalue weighted by atomic mass is 28.3. The van der Waals surface area contributed by atoms with Gasteiger partial charge < -0.3 is 0 Å². The second-order valence-corrected chi connectivity index (χ2v) is 12.9. The van der Waals surface area contributed by atoms with E-state index in [2.05, 4.69) is 52.5 Å². The molecule has 0 fully saturated rings. The van der Waals surface area contributed by atoms with Gasteiger partial charge in [0.2, 0.25) is 0 Å². The van der Waals surface area contributed by atoms with E-state index in [1.807, 2.05) is 17.6 Å². The van der Waals surface area contributed by atoms with Crippen LogP contribution in [0.4, 0.5) is 4.39 Å². The predicted molar refractivity (Wildman–Crippen MR) is 99.8 cm³/mol. The van der Waals surface area contributed by atoms with Crippen molar-refractivity contribution in [1.29, 1.82) is 0 Å². The lowest BCUT2D eigenvalue weighted by Crippen LogP contribution is -2.31. The standard InChI is InChI=1S/C20H28FNSi/c1-14(2)10-16-11-19(18-12-17(21)9-8-15(18)3)22(4)13-20(16)23(5,6)7/h8-9,11-14H,4,10H2,1-3,5-7H3. The molecule has 1 aromatic carbocycles. The van der Waals surface area contributed by atoms with Crippen molar-refractivity contribution in [1.82, 2.24) is 0 Å². The van der Waals surface area contributed by atoms with Crippen LogP contribution in [-0.4, -0.2) is 19.4 Å².